The van der Waals surface area contributed by atoms with E-state index in [1.807, 2.05) is 0 Å². The summed E-state index contributed by atoms with van der Waals surface area (Å²) < 4.78 is 0. The van der Waals surface area contributed by atoms with E-state index in [0.717, 1.165) is 0 Å². The van der Waals surface area contributed by atoms with Crippen LogP contribution in [0.1, 0.15) is 0 Å². The van der Waals surface area contributed by atoms with Crippen LogP contribution in [0.5, 0.6) is 0 Å². The van der Waals surface area contributed by atoms with E-state index in [2.05, 4.69) is 0 Å². The largest absolute Gasteiger partial charge is 1.00 e. The normalized spacial score (nSPS) is 3.43. The smallest absolute Gasteiger partial charge is 0.652 e. The van der Waals surface area contributed by atoms with Gasteiger partial charge in [-0.05, 0) is 6.16 Å². The topological polar surface area (TPSA) is 126 Å². The maximum Gasteiger partial charge on any atom is 1.00 e. The molecule has 7 heavy (non-hydrogen) atoms. The molecule has 0 radical (unpaired) electrons. The molecule has 0 atom stereocenters. The summed E-state index contributed by atoms with van der Waals surface area (Å²) in [5, 5.41) is 16.7. The predicted molar refractivity (Wildman–Crippen MR) is 12.6 cm³/mol. The molecule has 0 unspecified atom stereocenters. The molecule has 0 bridgehead atoms. The Morgan fingerprint density at radius 3 is 1.14 bits per heavy atom. The Morgan fingerprint density at radius 1 is 1.14 bits per heavy atom. The Morgan fingerprint density at radius 2 is 1.14 bits per heavy atom. The van der Waals surface area contributed by atoms with Crippen molar-refractivity contribution in [2.45, 2.75) is 0 Å². The zero-order valence-corrected chi connectivity index (χ0v) is 6.85. The third-order valence-electron chi connectivity index (χ3n) is 0. The molecule has 0 heterocycles. The zero-order chi connectivity index (χ0) is 3.58. The molecule has 0 aromatic rings. The Hall–Kier alpha value is 0.826. The molecule has 0 aliphatic carbocycles. The van der Waals surface area contributed by atoms with Gasteiger partial charge in [0.05, 0.1) is 0 Å². The molecular weight excluding hydrogens is 131 g/mol. The van der Waals surface area contributed by atoms with Crippen LogP contribution in [-0.4, -0.2) is 17.1 Å². The average molecular weight is 135 g/mol. The van der Waals surface area contributed by atoms with Crippen LogP contribution in [0.25, 0.3) is 0 Å². The molecule has 0 saturated heterocycles. The van der Waals surface area contributed by atoms with Crippen LogP contribution < -0.4 is 61.6 Å². The van der Waals surface area contributed by atoms with Crippen molar-refractivity contribution < 1.29 is 77.3 Å². The van der Waals surface area contributed by atoms with Crippen LogP contribution in [0.3, 0.4) is 0 Å². The summed E-state index contributed by atoms with van der Waals surface area (Å²) in [6.07, 6.45) is -2.33. The second-order valence-electron chi connectivity index (χ2n) is 0.250. The second-order valence-corrected chi connectivity index (χ2v) is 0.250. The van der Waals surface area contributed by atoms with Crippen molar-refractivity contribution in [2.75, 3.05) is 0 Å². The maximum absolute atomic E-state index is 8.33. The zero-order valence-electron chi connectivity index (χ0n) is 3.72. The molecule has 0 aromatic carbocycles. The van der Waals surface area contributed by atoms with Crippen LogP contribution in [0.15, 0.2) is 0 Å². The number of hydrogen-bond acceptors (Lipinski definition) is 3. The van der Waals surface area contributed by atoms with E-state index in [1.54, 1.807) is 0 Å². The molecule has 0 amide bonds. The molecule has 40 valence electrons. The maximum atomic E-state index is 8.33. The average Bonchev–Trinajstić information content (AvgIpc) is 0.811. The van der Waals surface area contributed by atoms with Crippen LogP contribution >= 0.6 is 0 Å². The predicted octanol–water partition coefficient (Wildman–Crippen LogP) is -7.09. The molecule has 0 aliphatic rings. The number of carboxylic acid groups (broad SMARTS) is 2. The fourth-order valence-corrected chi connectivity index (χ4v) is 0. The standard InChI is InChI=1S/CH2O3.K.2H2O/c2-1(3)4;;;/h(H2,2,3,4);;2*1H2/q;+1;;/p-2. The van der Waals surface area contributed by atoms with Crippen LogP contribution in [0, 0.1) is 0 Å². The van der Waals surface area contributed by atoms with E-state index < -0.39 is 6.16 Å². The van der Waals surface area contributed by atoms with Gasteiger partial charge in [0.2, 0.25) is 0 Å². The fraction of sp³-hybridized carbons (Fsp3) is 0. The second kappa shape index (κ2) is 15.8. The van der Waals surface area contributed by atoms with Gasteiger partial charge < -0.3 is 26.0 Å². The first-order chi connectivity index (χ1) is 1.73. The molecule has 4 N–H and O–H groups in total. The van der Waals surface area contributed by atoms with Gasteiger partial charge in [0, 0.05) is 0 Å². The number of carbonyl (C=O) groups excluding carboxylic acids is 1. The summed E-state index contributed by atoms with van der Waals surface area (Å²) in [5.74, 6) is 0. The fourth-order valence-electron chi connectivity index (χ4n) is 0. The minimum Gasteiger partial charge on any atom is -0.652 e. The summed E-state index contributed by atoms with van der Waals surface area (Å²) in [5.41, 5.74) is 0. The summed E-state index contributed by atoms with van der Waals surface area (Å²) in [6, 6.07) is 0. The summed E-state index contributed by atoms with van der Waals surface area (Å²) in [7, 11) is 0. The minimum atomic E-state index is -2.33. The third kappa shape index (κ3) is 233. The Kier molecular flexibility index (Phi) is 56.3. The van der Waals surface area contributed by atoms with Crippen molar-refractivity contribution in [1.82, 2.24) is 0 Å². The molecule has 0 aliphatic heterocycles. The van der Waals surface area contributed by atoms with Crippen LogP contribution in [0.2, 0.25) is 0 Å². The van der Waals surface area contributed by atoms with Gasteiger partial charge in [0.15, 0.2) is 0 Å². The molecule has 0 fully saturated rings. The molecule has 0 rings (SSSR count). The first-order valence-electron chi connectivity index (χ1n) is 0.612. The van der Waals surface area contributed by atoms with Gasteiger partial charge in [-0.1, -0.05) is 0 Å². The van der Waals surface area contributed by atoms with E-state index in [9.17, 15) is 0 Å². The van der Waals surface area contributed by atoms with Gasteiger partial charge in [0.25, 0.3) is 0 Å². The Labute approximate surface area is 82.4 Å². The van der Waals surface area contributed by atoms with Crippen molar-refractivity contribution in [1.29, 1.82) is 0 Å². The molecule has 0 aromatic heterocycles. The van der Waals surface area contributed by atoms with E-state index in [4.69, 9.17) is 15.0 Å². The molecular formula is CH4KO5-. The molecule has 0 spiro atoms. The Bertz CT molecular complexity index is 31.1. The van der Waals surface area contributed by atoms with Crippen LogP contribution in [0.4, 0.5) is 4.79 Å². The quantitative estimate of drug-likeness (QED) is 0.306. The third-order valence-corrected chi connectivity index (χ3v) is 0. The molecule has 6 heteroatoms. The van der Waals surface area contributed by atoms with Crippen molar-refractivity contribution in [3.05, 3.63) is 0 Å². The van der Waals surface area contributed by atoms with Crippen molar-refractivity contribution in [3.63, 3.8) is 0 Å². The Balaban J connectivity index is -0.0000000150. The summed E-state index contributed by atoms with van der Waals surface area (Å²) in [6.45, 7) is 0. The van der Waals surface area contributed by atoms with Crippen molar-refractivity contribution in [3.8, 4) is 0 Å². The number of hydrogen-bond donors (Lipinski definition) is 0. The first kappa shape index (κ1) is 24.9. The monoisotopic (exact) mass is 135 g/mol. The van der Waals surface area contributed by atoms with E-state index >= 15 is 0 Å². The first-order valence-corrected chi connectivity index (χ1v) is 0.612. The van der Waals surface area contributed by atoms with Crippen molar-refractivity contribution >= 4 is 6.16 Å². The van der Waals surface area contributed by atoms with Gasteiger partial charge in [-0.2, -0.15) is 0 Å². The summed E-state index contributed by atoms with van der Waals surface area (Å²) in [4.78, 5) is 8.33. The molecule has 0 saturated carbocycles. The van der Waals surface area contributed by atoms with Crippen molar-refractivity contribution in [2.24, 2.45) is 0 Å². The van der Waals surface area contributed by atoms with Gasteiger partial charge in [-0.15, -0.1) is 0 Å². The number of carbonyl (C=O) groups is 1. The SMILES string of the molecule is O.O.O=C([O-])[O-].[K+]. The summed E-state index contributed by atoms with van der Waals surface area (Å²) >= 11 is 0. The van der Waals surface area contributed by atoms with E-state index in [1.165, 1.54) is 0 Å². The van der Waals surface area contributed by atoms with Gasteiger partial charge in [0.1, 0.15) is 0 Å². The van der Waals surface area contributed by atoms with E-state index in [0.29, 0.717) is 0 Å². The van der Waals surface area contributed by atoms with Gasteiger partial charge >= 0.3 is 51.4 Å². The van der Waals surface area contributed by atoms with Gasteiger partial charge in [-0.3, -0.25) is 0 Å². The van der Waals surface area contributed by atoms with Crippen LogP contribution in [-0.2, 0) is 0 Å². The van der Waals surface area contributed by atoms with Gasteiger partial charge in [-0.25, -0.2) is 0 Å². The van der Waals surface area contributed by atoms with E-state index in [-0.39, 0.29) is 62.3 Å². The number of rotatable bonds is 0. The minimum absolute atomic E-state index is 0. The molecule has 5 nitrogen and oxygen atoms in total.